The topological polar surface area (TPSA) is 86.8 Å². The van der Waals surface area contributed by atoms with Crippen molar-refractivity contribution >= 4 is 52.6 Å². The van der Waals surface area contributed by atoms with Gasteiger partial charge in [-0.15, -0.1) is 11.8 Å². The summed E-state index contributed by atoms with van der Waals surface area (Å²) < 4.78 is 13.9. The van der Waals surface area contributed by atoms with Gasteiger partial charge < -0.3 is 10.2 Å². The zero-order valence-corrected chi connectivity index (χ0v) is 19.0. The van der Waals surface area contributed by atoms with E-state index in [0.717, 1.165) is 16.7 Å². The number of hydrogen-bond donors (Lipinski definition) is 1. The van der Waals surface area contributed by atoms with Crippen LogP contribution in [0.1, 0.15) is 15.9 Å². The number of halogens is 1. The van der Waals surface area contributed by atoms with E-state index in [4.69, 9.17) is 0 Å². The van der Waals surface area contributed by atoms with Crippen LogP contribution in [0.3, 0.4) is 0 Å². The molecule has 2 aliphatic heterocycles. The van der Waals surface area contributed by atoms with Crippen LogP contribution in [-0.4, -0.2) is 63.5 Å². The predicted octanol–water partition coefficient (Wildman–Crippen LogP) is 3.19. The molecule has 4 amide bonds. The first-order valence-corrected chi connectivity index (χ1v) is 12.1. The maximum atomic E-state index is 13.9. The Kier molecular flexibility index (Phi) is 7.14. The summed E-state index contributed by atoms with van der Waals surface area (Å²) >= 11 is 2.22. The number of nitrogens with one attached hydrogen (secondary N) is 1. The summed E-state index contributed by atoms with van der Waals surface area (Å²) in [6.45, 7) is 0.0376. The van der Waals surface area contributed by atoms with Crippen LogP contribution in [0.5, 0.6) is 0 Å². The lowest BCUT2D eigenvalue weighted by Crippen LogP contribution is -2.48. The van der Waals surface area contributed by atoms with Crippen molar-refractivity contribution in [3.8, 4) is 0 Å². The standard InChI is InChI=1S/C23H20FN3O4S2/c24-17-9-5-4-8-16(17)12-19-22(30)26(23(31)33-19)11-10-25-20(28)18-13-32-14-27(18)21(29)15-6-2-1-3-7-15/h1-9,12,18H,10-11,13-14H2,(H,25,28)/b19-12-/t18-/m0/s1. The molecular formula is C23H20FN3O4S2. The lowest BCUT2D eigenvalue weighted by Gasteiger charge is -2.23. The molecule has 1 atom stereocenters. The van der Waals surface area contributed by atoms with Crippen molar-refractivity contribution in [3.63, 3.8) is 0 Å². The molecular weight excluding hydrogens is 465 g/mol. The van der Waals surface area contributed by atoms with Gasteiger partial charge in [0.25, 0.3) is 17.1 Å². The van der Waals surface area contributed by atoms with E-state index in [1.54, 1.807) is 36.4 Å². The van der Waals surface area contributed by atoms with Gasteiger partial charge in [-0.05, 0) is 36.0 Å². The van der Waals surface area contributed by atoms with Crippen LogP contribution in [0.25, 0.3) is 6.08 Å². The average molecular weight is 486 g/mol. The zero-order chi connectivity index (χ0) is 23.4. The second-order valence-corrected chi connectivity index (χ2v) is 9.30. The van der Waals surface area contributed by atoms with Gasteiger partial charge in [-0.25, -0.2) is 4.39 Å². The molecule has 2 saturated heterocycles. The third-order valence-corrected chi connectivity index (χ3v) is 7.09. The number of amides is 4. The number of carbonyl (C=O) groups excluding carboxylic acids is 4. The fraction of sp³-hybridized carbons (Fsp3) is 0.217. The van der Waals surface area contributed by atoms with Gasteiger partial charge >= 0.3 is 0 Å². The van der Waals surface area contributed by atoms with Crippen LogP contribution < -0.4 is 5.32 Å². The molecule has 4 rings (SSSR count). The van der Waals surface area contributed by atoms with Crippen molar-refractivity contribution in [2.24, 2.45) is 0 Å². The molecule has 2 aromatic rings. The maximum Gasteiger partial charge on any atom is 0.293 e. The molecule has 1 N–H and O–H groups in total. The molecule has 0 aromatic heterocycles. The molecule has 170 valence electrons. The summed E-state index contributed by atoms with van der Waals surface area (Å²) in [7, 11) is 0. The molecule has 0 spiro atoms. The van der Waals surface area contributed by atoms with Gasteiger partial charge in [-0.3, -0.25) is 24.1 Å². The zero-order valence-electron chi connectivity index (χ0n) is 17.4. The third-order valence-electron chi connectivity index (χ3n) is 5.17. The Labute approximate surface area is 198 Å². The smallest absolute Gasteiger partial charge is 0.293 e. The highest BCUT2D eigenvalue weighted by Gasteiger charge is 2.37. The minimum atomic E-state index is -0.626. The van der Waals surface area contributed by atoms with Gasteiger partial charge in [-0.2, -0.15) is 0 Å². The number of benzene rings is 2. The Balaban J connectivity index is 1.34. The summed E-state index contributed by atoms with van der Waals surface area (Å²) in [6.07, 6.45) is 1.35. The van der Waals surface area contributed by atoms with Crippen LogP contribution in [-0.2, 0) is 9.59 Å². The average Bonchev–Trinajstić information content (AvgIpc) is 3.41. The normalized spacial score (nSPS) is 19.4. The molecule has 2 aromatic carbocycles. The van der Waals surface area contributed by atoms with Crippen LogP contribution in [0.15, 0.2) is 59.5 Å². The van der Waals surface area contributed by atoms with Crippen molar-refractivity contribution in [1.82, 2.24) is 15.1 Å². The number of imide groups is 1. The highest BCUT2D eigenvalue weighted by Crippen LogP contribution is 2.32. The monoisotopic (exact) mass is 485 g/mol. The Morgan fingerprint density at radius 3 is 2.58 bits per heavy atom. The quantitative estimate of drug-likeness (QED) is 0.633. The van der Waals surface area contributed by atoms with Crippen molar-refractivity contribution in [2.75, 3.05) is 24.7 Å². The summed E-state index contributed by atoms with van der Waals surface area (Å²) in [6, 6.07) is 14.1. The predicted molar refractivity (Wildman–Crippen MR) is 126 cm³/mol. The molecule has 0 aliphatic carbocycles. The molecule has 0 radical (unpaired) electrons. The van der Waals surface area contributed by atoms with Gasteiger partial charge in [0.1, 0.15) is 11.9 Å². The van der Waals surface area contributed by atoms with Gasteiger partial charge in [0.05, 0.1) is 10.8 Å². The summed E-state index contributed by atoms with van der Waals surface area (Å²) in [5.41, 5.74) is 0.732. The number of carbonyl (C=O) groups is 4. The molecule has 10 heteroatoms. The SMILES string of the molecule is O=C(NCCN1C(=O)S/C(=C\c2ccccc2F)C1=O)[C@@H]1CSCN1C(=O)c1ccccc1. The van der Waals surface area contributed by atoms with Crippen LogP contribution in [0, 0.1) is 5.82 Å². The van der Waals surface area contributed by atoms with E-state index >= 15 is 0 Å². The van der Waals surface area contributed by atoms with E-state index in [1.165, 1.54) is 34.9 Å². The molecule has 2 aliphatic rings. The highest BCUT2D eigenvalue weighted by molar-refractivity contribution is 8.18. The number of rotatable bonds is 6. The molecule has 0 saturated carbocycles. The first kappa shape index (κ1) is 23.1. The van der Waals surface area contributed by atoms with Gasteiger partial charge in [0.2, 0.25) is 5.91 Å². The van der Waals surface area contributed by atoms with Crippen LogP contribution in [0.2, 0.25) is 0 Å². The molecule has 33 heavy (non-hydrogen) atoms. The van der Waals surface area contributed by atoms with Crippen LogP contribution in [0.4, 0.5) is 9.18 Å². The number of thioether (sulfide) groups is 2. The van der Waals surface area contributed by atoms with E-state index in [-0.39, 0.29) is 35.4 Å². The lowest BCUT2D eigenvalue weighted by atomic mass is 10.1. The fourth-order valence-electron chi connectivity index (χ4n) is 3.44. The summed E-state index contributed by atoms with van der Waals surface area (Å²) in [5.74, 6) is -0.684. The van der Waals surface area contributed by atoms with E-state index in [1.807, 2.05) is 6.07 Å². The Bertz CT molecular complexity index is 1130. The van der Waals surface area contributed by atoms with Crippen LogP contribution >= 0.6 is 23.5 Å². The van der Waals surface area contributed by atoms with E-state index in [0.29, 0.717) is 17.2 Å². The number of hydrogen-bond acceptors (Lipinski definition) is 6. The van der Waals surface area contributed by atoms with Crippen molar-refractivity contribution in [3.05, 3.63) is 76.4 Å². The molecule has 2 fully saturated rings. The van der Waals surface area contributed by atoms with E-state index < -0.39 is 23.0 Å². The Morgan fingerprint density at radius 1 is 1.09 bits per heavy atom. The van der Waals surface area contributed by atoms with E-state index in [9.17, 15) is 23.6 Å². The van der Waals surface area contributed by atoms with Crippen molar-refractivity contribution in [2.45, 2.75) is 6.04 Å². The third kappa shape index (κ3) is 5.12. The van der Waals surface area contributed by atoms with Gasteiger partial charge in [-0.1, -0.05) is 36.4 Å². The second kappa shape index (κ2) is 10.2. The molecule has 0 unspecified atom stereocenters. The largest absolute Gasteiger partial charge is 0.352 e. The van der Waals surface area contributed by atoms with Gasteiger partial charge in [0, 0.05) is 30.0 Å². The summed E-state index contributed by atoms with van der Waals surface area (Å²) in [5, 5.41) is 2.24. The highest BCUT2D eigenvalue weighted by atomic mass is 32.2. The lowest BCUT2D eigenvalue weighted by molar-refractivity contribution is -0.126. The minimum Gasteiger partial charge on any atom is -0.352 e. The summed E-state index contributed by atoms with van der Waals surface area (Å²) in [4.78, 5) is 53.0. The molecule has 7 nitrogen and oxygen atoms in total. The second-order valence-electron chi connectivity index (χ2n) is 7.30. The first-order chi connectivity index (χ1) is 16.0. The van der Waals surface area contributed by atoms with Gasteiger partial charge in [0.15, 0.2) is 0 Å². The fourth-order valence-corrected chi connectivity index (χ4v) is 5.45. The molecule has 2 heterocycles. The number of nitrogens with zero attached hydrogens (tertiary/aromatic N) is 2. The maximum absolute atomic E-state index is 13.9. The first-order valence-electron chi connectivity index (χ1n) is 10.2. The minimum absolute atomic E-state index is 0.0164. The van der Waals surface area contributed by atoms with E-state index in [2.05, 4.69) is 5.32 Å². The van der Waals surface area contributed by atoms with Crippen molar-refractivity contribution in [1.29, 1.82) is 0 Å². The van der Waals surface area contributed by atoms with Crippen molar-refractivity contribution < 1.29 is 23.6 Å². The molecule has 0 bridgehead atoms. The Morgan fingerprint density at radius 2 is 1.82 bits per heavy atom. The Hall–Kier alpha value is -3.11.